The van der Waals surface area contributed by atoms with Gasteiger partial charge < -0.3 is 0 Å². The number of fused-ring (bicyclic) bond motifs is 1. The lowest BCUT2D eigenvalue weighted by Crippen LogP contribution is -2.06. The molecular formula is C15H17. The monoisotopic (exact) mass is 197 g/mol. The van der Waals surface area contributed by atoms with E-state index >= 15 is 0 Å². The van der Waals surface area contributed by atoms with E-state index in [-0.39, 0.29) is 5.41 Å². The van der Waals surface area contributed by atoms with Crippen LogP contribution in [0.1, 0.15) is 26.3 Å². The maximum absolute atomic E-state index is 2.33. The molecule has 0 fully saturated rings. The van der Waals surface area contributed by atoms with Gasteiger partial charge in [0.15, 0.2) is 0 Å². The van der Waals surface area contributed by atoms with E-state index in [0.717, 1.165) is 0 Å². The highest BCUT2D eigenvalue weighted by molar-refractivity contribution is 5.86. The molecular weight excluding hydrogens is 180 g/mol. The van der Waals surface area contributed by atoms with Gasteiger partial charge in [-0.3, -0.25) is 0 Å². The second kappa shape index (κ2) is 3.69. The highest BCUT2D eigenvalue weighted by atomic mass is 14.2. The molecule has 2 rings (SSSR count). The van der Waals surface area contributed by atoms with E-state index < -0.39 is 0 Å². The van der Waals surface area contributed by atoms with Gasteiger partial charge in [0.05, 0.1) is 0 Å². The predicted molar refractivity (Wildman–Crippen MR) is 66.8 cm³/mol. The summed E-state index contributed by atoms with van der Waals surface area (Å²) in [4.78, 5) is 0. The second-order valence-corrected chi connectivity index (χ2v) is 5.08. The largest absolute Gasteiger partial charge is 0.0616 e. The highest BCUT2D eigenvalue weighted by Gasteiger charge is 2.13. The topological polar surface area (TPSA) is 0 Å². The lowest BCUT2D eigenvalue weighted by Gasteiger charge is -2.18. The van der Waals surface area contributed by atoms with Crippen LogP contribution in [-0.2, 0) is 0 Å². The smallest absolute Gasteiger partial charge is 0.00330 e. The van der Waals surface area contributed by atoms with Crippen LogP contribution >= 0.6 is 0 Å². The lowest BCUT2D eigenvalue weighted by molar-refractivity contribution is 0.506. The standard InChI is InChI=1S/C15H17/c1-15(2,3)11-13-9-6-8-12-7-4-5-10-14(12)13/h4-11H,1-3H3. The average molecular weight is 197 g/mol. The molecule has 0 saturated carbocycles. The summed E-state index contributed by atoms with van der Waals surface area (Å²) in [5.74, 6) is 0. The van der Waals surface area contributed by atoms with Crippen molar-refractivity contribution < 1.29 is 0 Å². The van der Waals surface area contributed by atoms with Gasteiger partial charge in [0.2, 0.25) is 0 Å². The molecule has 0 bridgehead atoms. The molecule has 0 spiro atoms. The van der Waals surface area contributed by atoms with Gasteiger partial charge in [-0.05, 0) is 28.2 Å². The minimum atomic E-state index is 0.226. The van der Waals surface area contributed by atoms with Gasteiger partial charge in [-0.15, -0.1) is 0 Å². The van der Waals surface area contributed by atoms with Crippen molar-refractivity contribution in [3.63, 3.8) is 0 Å². The van der Waals surface area contributed by atoms with E-state index in [4.69, 9.17) is 0 Å². The molecule has 0 N–H and O–H groups in total. The fraction of sp³-hybridized carbons (Fsp3) is 0.267. The van der Waals surface area contributed by atoms with Crippen LogP contribution in [0.5, 0.6) is 0 Å². The molecule has 0 unspecified atom stereocenters. The van der Waals surface area contributed by atoms with Crippen LogP contribution < -0.4 is 0 Å². The summed E-state index contributed by atoms with van der Waals surface area (Å²) in [6.07, 6.45) is 2.33. The molecule has 77 valence electrons. The van der Waals surface area contributed by atoms with Crippen LogP contribution in [0.25, 0.3) is 10.8 Å². The van der Waals surface area contributed by atoms with Gasteiger partial charge in [0.1, 0.15) is 0 Å². The molecule has 0 aromatic heterocycles. The van der Waals surface area contributed by atoms with Gasteiger partial charge in [0, 0.05) is 0 Å². The third kappa shape index (κ3) is 2.38. The molecule has 0 aliphatic carbocycles. The Morgan fingerprint density at radius 1 is 0.867 bits per heavy atom. The number of rotatable bonds is 1. The zero-order chi connectivity index (χ0) is 10.9. The quantitative estimate of drug-likeness (QED) is 0.634. The summed E-state index contributed by atoms with van der Waals surface area (Å²) in [6.45, 7) is 6.69. The summed E-state index contributed by atoms with van der Waals surface area (Å²) < 4.78 is 0. The third-order valence-electron chi connectivity index (χ3n) is 2.41. The molecule has 0 saturated heterocycles. The molecule has 0 heteroatoms. The molecule has 15 heavy (non-hydrogen) atoms. The predicted octanol–water partition coefficient (Wildman–Crippen LogP) is 4.44. The minimum Gasteiger partial charge on any atom is -0.0616 e. The average Bonchev–Trinajstić information content (AvgIpc) is 2.16. The number of hydrogen-bond acceptors (Lipinski definition) is 0. The first kappa shape index (κ1) is 10.2. The Bertz CT molecular complexity index is 455. The van der Waals surface area contributed by atoms with E-state index in [1.54, 1.807) is 0 Å². The van der Waals surface area contributed by atoms with E-state index in [1.165, 1.54) is 16.3 Å². The van der Waals surface area contributed by atoms with Crippen molar-refractivity contribution in [2.75, 3.05) is 0 Å². The summed E-state index contributed by atoms with van der Waals surface area (Å²) in [5, 5.41) is 2.66. The van der Waals surface area contributed by atoms with Gasteiger partial charge in [-0.1, -0.05) is 63.2 Å². The number of hydrogen-bond donors (Lipinski definition) is 0. The van der Waals surface area contributed by atoms with Crippen molar-refractivity contribution in [3.8, 4) is 0 Å². The first-order valence-electron chi connectivity index (χ1n) is 5.40. The zero-order valence-electron chi connectivity index (χ0n) is 9.62. The van der Waals surface area contributed by atoms with Crippen LogP contribution in [0, 0.1) is 11.8 Å². The van der Waals surface area contributed by atoms with Gasteiger partial charge in [-0.2, -0.15) is 0 Å². The Morgan fingerprint density at radius 2 is 1.53 bits per heavy atom. The van der Waals surface area contributed by atoms with E-state index in [2.05, 4.69) is 69.7 Å². The van der Waals surface area contributed by atoms with Crippen molar-refractivity contribution in [3.05, 3.63) is 54.4 Å². The van der Waals surface area contributed by atoms with Crippen LogP contribution in [0.2, 0.25) is 0 Å². The second-order valence-electron chi connectivity index (χ2n) is 5.08. The van der Waals surface area contributed by atoms with Crippen LogP contribution in [0.3, 0.4) is 0 Å². The highest BCUT2D eigenvalue weighted by Crippen LogP contribution is 2.28. The first-order valence-corrected chi connectivity index (χ1v) is 5.40. The maximum atomic E-state index is 2.33. The van der Waals surface area contributed by atoms with Crippen LogP contribution in [0.4, 0.5) is 0 Å². The van der Waals surface area contributed by atoms with E-state index in [0.29, 0.717) is 0 Å². The maximum Gasteiger partial charge on any atom is -0.00330 e. The van der Waals surface area contributed by atoms with Gasteiger partial charge in [-0.25, -0.2) is 0 Å². The molecule has 1 radical (unpaired) electrons. The summed E-state index contributed by atoms with van der Waals surface area (Å²) in [6, 6.07) is 15.0. The van der Waals surface area contributed by atoms with Gasteiger partial charge >= 0.3 is 0 Å². The van der Waals surface area contributed by atoms with Crippen molar-refractivity contribution in [1.82, 2.24) is 0 Å². The van der Waals surface area contributed by atoms with Crippen LogP contribution in [-0.4, -0.2) is 0 Å². The van der Waals surface area contributed by atoms with Crippen molar-refractivity contribution in [1.29, 1.82) is 0 Å². The summed E-state index contributed by atoms with van der Waals surface area (Å²) in [5.41, 5.74) is 1.56. The van der Waals surface area contributed by atoms with Crippen molar-refractivity contribution >= 4 is 10.8 Å². The Kier molecular flexibility index (Phi) is 2.52. The SMILES string of the molecule is CC(C)(C)[CH]c1cccc2ccccc12. The lowest BCUT2D eigenvalue weighted by atomic mass is 9.86. The van der Waals surface area contributed by atoms with Crippen molar-refractivity contribution in [2.24, 2.45) is 5.41 Å². The van der Waals surface area contributed by atoms with Crippen LogP contribution in [0.15, 0.2) is 42.5 Å². The summed E-state index contributed by atoms with van der Waals surface area (Å²) in [7, 11) is 0. The van der Waals surface area contributed by atoms with Gasteiger partial charge in [0.25, 0.3) is 0 Å². The fourth-order valence-electron chi connectivity index (χ4n) is 1.84. The Morgan fingerprint density at radius 3 is 2.27 bits per heavy atom. The normalized spacial score (nSPS) is 11.9. The third-order valence-corrected chi connectivity index (χ3v) is 2.41. The zero-order valence-corrected chi connectivity index (χ0v) is 9.62. The molecule has 0 aliphatic rings. The van der Waals surface area contributed by atoms with Crippen molar-refractivity contribution in [2.45, 2.75) is 20.8 Å². The Hall–Kier alpha value is -1.30. The number of benzene rings is 2. The Balaban J connectivity index is 2.52. The molecule has 2 aromatic carbocycles. The van der Waals surface area contributed by atoms with E-state index in [1.807, 2.05) is 0 Å². The molecule has 0 nitrogen and oxygen atoms in total. The first-order chi connectivity index (χ1) is 7.06. The fourth-order valence-corrected chi connectivity index (χ4v) is 1.84. The summed E-state index contributed by atoms with van der Waals surface area (Å²) >= 11 is 0. The minimum absolute atomic E-state index is 0.226. The molecule has 0 amide bonds. The van der Waals surface area contributed by atoms with E-state index in [9.17, 15) is 0 Å². The Labute approximate surface area is 91.9 Å². The molecule has 2 aromatic rings. The molecule has 0 heterocycles. The molecule has 0 atom stereocenters. The molecule has 0 aliphatic heterocycles.